The van der Waals surface area contributed by atoms with Gasteiger partial charge in [-0.3, -0.25) is 10.3 Å². The van der Waals surface area contributed by atoms with Crippen LogP contribution in [0.5, 0.6) is 0 Å². The van der Waals surface area contributed by atoms with Gasteiger partial charge in [0.1, 0.15) is 11.4 Å². The van der Waals surface area contributed by atoms with Crippen LogP contribution in [0.4, 0.5) is 10.6 Å². The highest BCUT2D eigenvalue weighted by Crippen LogP contribution is 2.36. The lowest BCUT2D eigenvalue weighted by atomic mass is 9.90. The van der Waals surface area contributed by atoms with Crippen molar-refractivity contribution < 1.29 is 14.3 Å². The van der Waals surface area contributed by atoms with Gasteiger partial charge in [-0.2, -0.15) is 0 Å². The highest BCUT2D eigenvalue weighted by molar-refractivity contribution is 5.97. The topological polar surface area (TPSA) is 117 Å². The molecule has 146 valence electrons. The highest BCUT2D eigenvalue weighted by atomic mass is 16.5. The van der Waals surface area contributed by atoms with E-state index in [9.17, 15) is 4.79 Å². The van der Waals surface area contributed by atoms with Gasteiger partial charge in [-0.15, -0.1) is 0 Å². The summed E-state index contributed by atoms with van der Waals surface area (Å²) >= 11 is 0. The zero-order valence-corrected chi connectivity index (χ0v) is 15.8. The molecule has 1 aliphatic heterocycles. The fraction of sp³-hybridized carbons (Fsp3) is 0.368. The summed E-state index contributed by atoms with van der Waals surface area (Å²) in [7, 11) is 3.63. The number of anilines is 1. The van der Waals surface area contributed by atoms with Crippen molar-refractivity contribution in [2.75, 3.05) is 25.6 Å². The second-order valence-electron chi connectivity index (χ2n) is 6.83. The molecule has 4 rings (SSSR count). The molecule has 0 atom stereocenters. The van der Waals surface area contributed by atoms with Crippen molar-refractivity contribution in [3.63, 3.8) is 0 Å². The van der Waals surface area contributed by atoms with Gasteiger partial charge in [-0.05, 0) is 6.07 Å². The number of carbonyl (C=O) groups is 1. The fourth-order valence-electron chi connectivity index (χ4n) is 3.66. The summed E-state index contributed by atoms with van der Waals surface area (Å²) in [6.45, 7) is 1.25. The summed E-state index contributed by atoms with van der Waals surface area (Å²) in [5, 5.41) is 3.41. The van der Waals surface area contributed by atoms with E-state index >= 15 is 0 Å². The van der Waals surface area contributed by atoms with E-state index in [2.05, 4.69) is 15.3 Å². The molecule has 0 aliphatic carbocycles. The zero-order chi connectivity index (χ0) is 19.7. The lowest BCUT2D eigenvalue weighted by Crippen LogP contribution is -2.36. The number of hydrogen-bond donors (Lipinski definition) is 2. The Hall–Kier alpha value is -3.04. The van der Waals surface area contributed by atoms with Crippen LogP contribution in [0.2, 0.25) is 0 Å². The van der Waals surface area contributed by atoms with Crippen molar-refractivity contribution in [1.82, 2.24) is 19.5 Å². The van der Waals surface area contributed by atoms with E-state index in [1.165, 1.54) is 0 Å². The number of rotatable bonds is 4. The standard InChI is InChI=1S/C19H22N6O3/c1-25-11-13(12-7-17(24-18(20)26)22-9-15(12)25)14-8-21-10-16(23-14)19(27-2)3-5-28-6-4-19/h7-11H,3-6H2,1-2H3,(H3,20,22,24,26). The van der Waals surface area contributed by atoms with E-state index in [4.69, 9.17) is 20.2 Å². The van der Waals surface area contributed by atoms with Crippen LogP contribution < -0.4 is 11.1 Å². The third kappa shape index (κ3) is 3.19. The molecule has 0 radical (unpaired) electrons. The van der Waals surface area contributed by atoms with Gasteiger partial charge in [-0.1, -0.05) is 0 Å². The molecule has 0 spiro atoms. The Morgan fingerprint density at radius 2 is 2.11 bits per heavy atom. The minimum absolute atomic E-state index is 0.384. The number of fused-ring (bicyclic) bond motifs is 1. The van der Waals surface area contributed by atoms with Crippen LogP contribution >= 0.6 is 0 Å². The third-order valence-electron chi connectivity index (χ3n) is 5.20. The molecule has 0 saturated carbocycles. The summed E-state index contributed by atoms with van der Waals surface area (Å²) < 4.78 is 13.3. The van der Waals surface area contributed by atoms with Crippen LogP contribution in [0.1, 0.15) is 18.5 Å². The summed E-state index contributed by atoms with van der Waals surface area (Å²) in [5.41, 5.74) is 8.03. The Kier molecular flexibility index (Phi) is 4.70. The Morgan fingerprint density at radius 3 is 2.82 bits per heavy atom. The zero-order valence-electron chi connectivity index (χ0n) is 15.8. The van der Waals surface area contributed by atoms with Crippen molar-refractivity contribution >= 4 is 22.8 Å². The number of amides is 2. The van der Waals surface area contributed by atoms with Crippen molar-refractivity contribution in [3.05, 3.63) is 36.5 Å². The van der Waals surface area contributed by atoms with Gasteiger partial charge in [0.25, 0.3) is 0 Å². The van der Waals surface area contributed by atoms with E-state index in [-0.39, 0.29) is 0 Å². The maximum atomic E-state index is 11.2. The number of primary amides is 1. The molecular formula is C19H22N6O3. The van der Waals surface area contributed by atoms with Crippen molar-refractivity contribution in [2.24, 2.45) is 12.8 Å². The molecule has 4 heterocycles. The molecular weight excluding hydrogens is 360 g/mol. The number of ether oxygens (including phenoxy) is 2. The lowest BCUT2D eigenvalue weighted by Gasteiger charge is -2.35. The monoisotopic (exact) mass is 382 g/mol. The maximum Gasteiger partial charge on any atom is 0.317 e. The molecule has 9 heteroatoms. The summed E-state index contributed by atoms with van der Waals surface area (Å²) in [5.74, 6) is 0.384. The first-order valence-electron chi connectivity index (χ1n) is 9.00. The number of urea groups is 1. The van der Waals surface area contributed by atoms with Crippen molar-refractivity contribution in [1.29, 1.82) is 0 Å². The fourth-order valence-corrected chi connectivity index (χ4v) is 3.66. The largest absolute Gasteiger partial charge is 0.381 e. The molecule has 3 N–H and O–H groups in total. The van der Waals surface area contributed by atoms with Crippen LogP contribution in [-0.2, 0) is 22.1 Å². The first-order chi connectivity index (χ1) is 13.5. The average molecular weight is 382 g/mol. The molecule has 3 aromatic rings. The number of aryl methyl sites for hydroxylation is 1. The number of nitrogens with two attached hydrogens (primary N) is 1. The summed E-state index contributed by atoms with van der Waals surface area (Å²) in [6.07, 6.45) is 8.60. The molecule has 3 aromatic heterocycles. The van der Waals surface area contributed by atoms with Crippen LogP contribution in [-0.4, -0.2) is 45.9 Å². The molecule has 0 aromatic carbocycles. The first kappa shape index (κ1) is 18.3. The lowest BCUT2D eigenvalue weighted by molar-refractivity contribution is -0.0974. The quantitative estimate of drug-likeness (QED) is 0.714. The van der Waals surface area contributed by atoms with Crippen molar-refractivity contribution in [3.8, 4) is 11.3 Å². The molecule has 1 aliphatic rings. The number of nitrogens with one attached hydrogen (secondary N) is 1. The number of carbonyl (C=O) groups excluding carboxylic acids is 1. The molecule has 9 nitrogen and oxygen atoms in total. The summed E-state index contributed by atoms with van der Waals surface area (Å²) in [4.78, 5) is 24.7. The molecule has 28 heavy (non-hydrogen) atoms. The SMILES string of the molecule is COC1(c2cncc(-c3cn(C)c4cnc(NC(N)=O)cc34)n2)CCOCC1. The summed E-state index contributed by atoms with van der Waals surface area (Å²) in [6, 6.07) is 1.12. The Morgan fingerprint density at radius 1 is 1.32 bits per heavy atom. The second kappa shape index (κ2) is 7.17. The van der Waals surface area contributed by atoms with Gasteiger partial charge in [0.2, 0.25) is 0 Å². The Labute approximate surface area is 161 Å². The van der Waals surface area contributed by atoms with Crippen LogP contribution in [0, 0.1) is 0 Å². The van der Waals surface area contributed by atoms with Gasteiger partial charge in [0, 0.05) is 57.4 Å². The predicted molar refractivity (Wildman–Crippen MR) is 104 cm³/mol. The number of pyridine rings is 1. The van der Waals surface area contributed by atoms with Gasteiger partial charge >= 0.3 is 6.03 Å². The first-order valence-corrected chi connectivity index (χ1v) is 9.00. The van der Waals surface area contributed by atoms with E-state index in [1.54, 1.807) is 31.8 Å². The number of aromatic nitrogens is 4. The van der Waals surface area contributed by atoms with E-state index in [1.807, 2.05) is 17.8 Å². The minimum Gasteiger partial charge on any atom is -0.381 e. The smallest absolute Gasteiger partial charge is 0.317 e. The van der Waals surface area contributed by atoms with E-state index in [0.29, 0.717) is 19.0 Å². The molecule has 1 saturated heterocycles. The molecule has 2 amide bonds. The highest BCUT2D eigenvalue weighted by Gasteiger charge is 2.36. The molecule has 1 fully saturated rings. The number of methoxy groups -OCH3 is 1. The maximum absolute atomic E-state index is 11.2. The van der Waals surface area contributed by atoms with Crippen LogP contribution in [0.3, 0.4) is 0 Å². The predicted octanol–water partition coefficient (Wildman–Crippen LogP) is 2.17. The van der Waals surface area contributed by atoms with Crippen molar-refractivity contribution in [2.45, 2.75) is 18.4 Å². The van der Waals surface area contributed by atoms with Gasteiger partial charge in [0.05, 0.1) is 35.5 Å². The Bertz CT molecular complexity index is 1030. The number of nitrogens with zero attached hydrogens (tertiary/aromatic N) is 4. The van der Waals surface area contributed by atoms with E-state index in [0.717, 1.165) is 40.7 Å². The average Bonchev–Trinajstić information content (AvgIpc) is 3.04. The van der Waals surface area contributed by atoms with E-state index < -0.39 is 11.6 Å². The van der Waals surface area contributed by atoms with Gasteiger partial charge in [-0.25, -0.2) is 14.8 Å². The van der Waals surface area contributed by atoms with Crippen LogP contribution in [0.25, 0.3) is 22.2 Å². The molecule has 0 bridgehead atoms. The van der Waals surface area contributed by atoms with Gasteiger partial charge in [0.15, 0.2) is 0 Å². The van der Waals surface area contributed by atoms with Crippen LogP contribution in [0.15, 0.2) is 30.9 Å². The molecule has 0 unspecified atom stereocenters. The van der Waals surface area contributed by atoms with Gasteiger partial charge < -0.3 is 19.8 Å². The third-order valence-corrected chi connectivity index (χ3v) is 5.20. The Balaban J connectivity index is 1.81. The number of hydrogen-bond acceptors (Lipinski definition) is 6. The second-order valence-corrected chi connectivity index (χ2v) is 6.83. The minimum atomic E-state index is -0.660. The normalized spacial score (nSPS) is 16.2.